The summed E-state index contributed by atoms with van der Waals surface area (Å²) < 4.78 is 18.4. The van der Waals surface area contributed by atoms with Crippen molar-refractivity contribution in [2.24, 2.45) is 0 Å². The molecule has 3 fully saturated rings. The van der Waals surface area contributed by atoms with Crippen molar-refractivity contribution in [1.82, 2.24) is 15.1 Å². The number of benzene rings is 1. The molecule has 1 aromatic carbocycles. The highest BCUT2D eigenvalue weighted by Crippen LogP contribution is 2.28. The van der Waals surface area contributed by atoms with Gasteiger partial charge >= 0.3 is 12.1 Å². The minimum Gasteiger partial charge on any atom is -0.378 e. The highest BCUT2D eigenvalue weighted by Gasteiger charge is 2.50. The lowest BCUT2D eigenvalue weighted by molar-refractivity contribution is -0.122. The summed E-state index contributed by atoms with van der Waals surface area (Å²) in [6.45, 7) is 2.30. The van der Waals surface area contributed by atoms with Crippen molar-refractivity contribution in [1.29, 1.82) is 0 Å². The largest absolute Gasteiger partial charge is 0.378 e. The van der Waals surface area contributed by atoms with Crippen molar-refractivity contribution >= 4 is 23.7 Å². The molecule has 0 saturated carbocycles. The highest BCUT2D eigenvalue weighted by molar-refractivity contribution is 6.19. The standard InChI is InChI=1S/C17H19FN4O4/c18-11-1-3-12(4-2-11)22-15(23)14-13(19-16(22)24)5-6-21(14)17(25)20-7-9-26-10-8-20/h1-4,13-14H,5-10H2,(H,19,24)/t13-,14-/m1/s1. The molecule has 1 N–H and O–H groups in total. The molecule has 1 aromatic rings. The predicted octanol–water partition coefficient (Wildman–Crippen LogP) is 0.777. The fourth-order valence-corrected chi connectivity index (χ4v) is 3.69. The zero-order chi connectivity index (χ0) is 18.3. The van der Waals surface area contributed by atoms with E-state index < -0.39 is 29.8 Å². The number of anilines is 1. The van der Waals surface area contributed by atoms with Crippen molar-refractivity contribution in [3.63, 3.8) is 0 Å². The number of urea groups is 2. The second-order valence-electron chi connectivity index (χ2n) is 6.51. The Morgan fingerprint density at radius 2 is 1.81 bits per heavy atom. The SMILES string of the molecule is O=C1N[C@@H]2CCN(C(=O)N3CCOCC3)[C@H]2C(=O)N1c1ccc(F)cc1. The highest BCUT2D eigenvalue weighted by atomic mass is 19.1. The Labute approximate surface area is 149 Å². The number of carbonyl (C=O) groups is 3. The van der Waals surface area contributed by atoms with Gasteiger partial charge in [0.1, 0.15) is 11.9 Å². The van der Waals surface area contributed by atoms with E-state index >= 15 is 0 Å². The van der Waals surface area contributed by atoms with Crippen LogP contribution in [0.15, 0.2) is 24.3 Å². The van der Waals surface area contributed by atoms with Crippen molar-refractivity contribution in [3.05, 3.63) is 30.1 Å². The smallest absolute Gasteiger partial charge is 0.329 e. The van der Waals surface area contributed by atoms with Gasteiger partial charge in [-0.3, -0.25) is 4.79 Å². The van der Waals surface area contributed by atoms with Crippen LogP contribution in [0.5, 0.6) is 0 Å². The summed E-state index contributed by atoms with van der Waals surface area (Å²) in [6, 6.07) is 3.19. The molecule has 0 radical (unpaired) electrons. The molecule has 138 valence electrons. The Kier molecular flexibility index (Phi) is 4.23. The molecule has 8 nitrogen and oxygen atoms in total. The third-order valence-electron chi connectivity index (χ3n) is 5.00. The van der Waals surface area contributed by atoms with E-state index in [4.69, 9.17) is 4.74 Å². The molecule has 26 heavy (non-hydrogen) atoms. The quantitative estimate of drug-likeness (QED) is 0.800. The third-order valence-corrected chi connectivity index (χ3v) is 5.00. The molecule has 5 amide bonds. The van der Waals surface area contributed by atoms with Gasteiger partial charge in [0.15, 0.2) is 0 Å². The number of nitrogens with zero attached hydrogens (tertiary/aromatic N) is 3. The van der Waals surface area contributed by atoms with E-state index in [1.54, 1.807) is 4.90 Å². The lowest BCUT2D eigenvalue weighted by atomic mass is 10.0. The molecule has 0 bridgehead atoms. The zero-order valence-electron chi connectivity index (χ0n) is 14.1. The third kappa shape index (κ3) is 2.78. The topological polar surface area (TPSA) is 82.2 Å². The first-order chi connectivity index (χ1) is 12.6. The van der Waals surface area contributed by atoms with Gasteiger partial charge in [0.25, 0.3) is 5.91 Å². The maximum atomic E-state index is 13.2. The second-order valence-corrected chi connectivity index (χ2v) is 6.51. The van der Waals surface area contributed by atoms with Crippen LogP contribution >= 0.6 is 0 Å². The average Bonchev–Trinajstić information content (AvgIpc) is 3.07. The number of rotatable bonds is 1. The summed E-state index contributed by atoms with van der Waals surface area (Å²) in [4.78, 5) is 42.4. The number of hydrogen-bond donors (Lipinski definition) is 1. The number of amides is 5. The first kappa shape index (κ1) is 16.8. The first-order valence-electron chi connectivity index (χ1n) is 8.59. The zero-order valence-corrected chi connectivity index (χ0v) is 14.1. The van der Waals surface area contributed by atoms with Gasteiger partial charge < -0.3 is 19.9 Å². The van der Waals surface area contributed by atoms with Crippen LogP contribution in [-0.2, 0) is 9.53 Å². The summed E-state index contributed by atoms with van der Waals surface area (Å²) in [5.41, 5.74) is 0.276. The van der Waals surface area contributed by atoms with Crippen LogP contribution in [0.4, 0.5) is 19.7 Å². The van der Waals surface area contributed by atoms with Crippen LogP contribution in [0.3, 0.4) is 0 Å². The number of morpholine rings is 1. The molecule has 3 heterocycles. The van der Waals surface area contributed by atoms with Gasteiger partial charge in [-0.2, -0.15) is 0 Å². The number of likely N-dealkylation sites (tertiary alicyclic amines) is 1. The van der Waals surface area contributed by atoms with Crippen molar-refractivity contribution < 1.29 is 23.5 Å². The summed E-state index contributed by atoms with van der Waals surface area (Å²) in [5.74, 6) is -0.925. The van der Waals surface area contributed by atoms with E-state index in [1.807, 2.05) is 0 Å². The Morgan fingerprint density at radius 1 is 1.12 bits per heavy atom. The minimum atomic E-state index is -0.756. The van der Waals surface area contributed by atoms with Gasteiger partial charge in [0, 0.05) is 19.6 Å². The van der Waals surface area contributed by atoms with Crippen LogP contribution < -0.4 is 10.2 Å². The van der Waals surface area contributed by atoms with Gasteiger partial charge in [-0.25, -0.2) is 18.9 Å². The van der Waals surface area contributed by atoms with Crippen molar-refractivity contribution in [2.75, 3.05) is 37.7 Å². The molecule has 2 atom stereocenters. The van der Waals surface area contributed by atoms with Crippen LogP contribution in [0, 0.1) is 5.82 Å². The van der Waals surface area contributed by atoms with E-state index in [0.717, 1.165) is 4.90 Å². The Hall–Kier alpha value is -2.68. The average molecular weight is 362 g/mol. The molecule has 3 aliphatic rings. The van der Waals surface area contributed by atoms with E-state index in [9.17, 15) is 18.8 Å². The van der Waals surface area contributed by atoms with Crippen molar-refractivity contribution in [3.8, 4) is 0 Å². The number of fused-ring (bicyclic) bond motifs is 1. The molecule has 0 aliphatic carbocycles. The van der Waals surface area contributed by atoms with E-state index in [1.165, 1.54) is 29.2 Å². The van der Waals surface area contributed by atoms with Crippen LogP contribution in [0.1, 0.15) is 6.42 Å². The molecule has 0 unspecified atom stereocenters. The Balaban J connectivity index is 1.58. The molecule has 3 aliphatic heterocycles. The lowest BCUT2D eigenvalue weighted by Crippen LogP contribution is -2.66. The maximum Gasteiger partial charge on any atom is 0.329 e. The summed E-state index contributed by atoms with van der Waals surface area (Å²) in [7, 11) is 0. The van der Waals surface area contributed by atoms with Crippen LogP contribution in [0.2, 0.25) is 0 Å². The number of hydrogen-bond acceptors (Lipinski definition) is 4. The predicted molar refractivity (Wildman–Crippen MR) is 89.1 cm³/mol. The summed E-state index contributed by atoms with van der Waals surface area (Å²) in [6.07, 6.45) is 0.523. The molecule has 9 heteroatoms. The number of carbonyl (C=O) groups excluding carboxylic acids is 3. The van der Waals surface area contributed by atoms with E-state index in [0.29, 0.717) is 39.3 Å². The normalized spacial score (nSPS) is 26.0. The Morgan fingerprint density at radius 3 is 2.50 bits per heavy atom. The van der Waals surface area contributed by atoms with Gasteiger partial charge in [-0.1, -0.05) is 0 Å². The fourth-order valence-electron chi connectivity index (χ4n) is 3.69. The second kappa shape index (κ2) is 6.56. The lowest BCUT2D eigenvalue weighted by Gasteiger charge is -2.39. The van der Waals surface area contributed by atoms with Gasteiger partial charge in [-0.15, -0.1) is 0 Å². The monoisotopic (exact) mass is 362 g/mol. The number of ether oxygens (including phenoxy) is 1. The first-order valence-corrected chi connectivity index (χ1v) is 8.59. The van der Waals surface area contributed by atoms with Crippen LogP contribution in [-0.4, -0.2) is 72.7 Å². The van der Waals surface area contributed by atoms with E-state index in [-0.39, 0.29) is 11.7 Å². The van der Waals surface area contributed by atoms with Crippen molar-refractivity contribution in [2.45, 2.75) is 18.5 Å². The fraction of sp³-hybridized carbons (Fsp3) is 0.471. The van der Waals surface area contributed by atoms with Gasteiger partial charge in [0.05, 0.1) is 24.9 Å². The number of nitrogens with one attached hydrogen (secondary N) is 1. The van der Waals surface area contributed by atoms with Crippen LogP contribution in [0.25, 0.3) is 0 Å². The summed E-state index contributed by atoms with van der Waals surface area (Å²) in [5, 5.41) is 2.80. The molecule has 4 rings (SSSR count). The summed E-state index contributed by atoms with van der Waals surface area (Å²) >= 11 is 0. The van der Waals surface area contributed by atoms with E-state index in [2.05, 4.69) is 5.32 Å². The number of halogens is 1. The molecule has 3 saturated heterocycles. The minimum absolute atomic E-state index is 0.218. The Bertz CT molecular complexity index is 735. The number of imide groups is 1. The molecular weight excluding hydrogens is 343 g/mol. The molecule has 0 spiro atoms. The molecular formula is C17H19FN4O4. The van der Waals surface area contributed by atoms with Gasteiger partial charge in [-0.05, 0) is 30.7 Å². The molecule has 0 aromatic heterocycles. The maximum absolute atomic E-state index is 13.2. The van der Waals surface area contributed by atoms with Gasteiger partial charge in [0.2, 0.25) is 0 Å².